The molecule has 0 atom stereocenters. The Labute approximate surface area is 103 Å². The van der Waals surface area contributed by atoms with Gasteiger partial charge in [0.2, 0.25) is 0 Å². The summed E-state index contributed by atoms with van der Waals surface area (Å²) >= 11 is 0. The number of allylic oxidation sites excluding steroid dienone is 1. The van der Waals surface area contributed by atoms with E-state index in [1.54, 1.807) is 30.3 Å². The molecule has 3 heteroatoms. The zero-order chi connectivity index (χ0) is 13.0. The third-order valence-electron chi connectivity index (χ3n) is 2.44. The van der Waals surface area contributed by atoms with E-state index >= 15 is 0 Å². The van der Waals surface area contributed by atoms with E-state index in [-0.39, 0.29) is 11.3 Å². The SMILES string of the molecule is O=C(/C=C/c1ccc(F)cc1F)c1ccccc1. The number of hydrogen-bond acceptors (Lipinski definition) is 1. The van der Waals surface area contributed by atoms with Gasteiger partial charge in [-0.25, -0.2) is 8.78 Å². The van der Waals surface area contributed by atoms with Crippen molar-refractivity contribution in [2.24, 2.45) is 0 Å². The van der Waals surface area contributed by atoms with Crippen LogP contribution in [-0.4, -0.2) is 5.78 Å². The van der Waals surface area contributed by atoms with Crippen LogP contribution in [0.5, 0.6) is 0 Å². The highest BCUT2D eigenvalue weighted by atomic mass is 19.1. The van der Waals surface area contributed by atoms with E-state index in [4.69, 9.17) is 0 Å². The number of hydrogen-bond donors (Lipinski definition) is 0. The van der Waals surface area contributed by atoms with Gasteiger partial charge in [-0.2, -0.15) is 0 Å². The Kier molecular flexibility index (Phi) is 3.63. The molecule has 18 heavy (non-hydrogen) atoms. The van der Waals surface area contributed by atoms with Gasteiger partial charge in [0, 0.05) is 17.2 Å². The van der Waals surface area contributed by atoms with Gasteiger partial charge >= 0.3 is 0 Å². The van der Waals surface area contributed by atoms with Crippen LogP contribution in [-0.2, 0) is 0 Å². The minimum Gasteiger partial charge on any atom is -0.289 e. The van der Waals surface area contributed by atoms with Crippen molar-refractivity contribution in [3.05, 3.63) is 77.4 Å². The summed E-state index contributed by atoms with van der Waals surface area (Å²) in [5.41, 5.74) is 0.706. The molecule has 0 bridgehead atoms. The lowest BCUT2D eigenvalue weighted by Crippen LogP contribution is -1.93. The van der Waals surface area contributed by atoms with Crippen molar-refractivity contribution in [2.45, 2.75) is 0 Å². The van der Waals surface area contributed by atoms with Crippen LogP contribution in [0.15, 0.2) is 54.6 Å². The van der Waals surface area contributed by atoms with E-state index in [1.807, 2.05) is 0 Å². The molecule has 0 aromatic heterocycles. The van der Waals surface area contributed by atoms with Gasteiger partial charge in [0.05, 0.1) is 0 Å². The molecule has 0 fully saturated rings. The van der Waals surface area contributed by atoms with Crippen molar-refractivity contribution < 1.29 is 13.6 Å². The van der Waals surface area contributed by atoms with Crippen molar-refractivity contribution in [3.63, 3.8) is 0 Å². The molecule has 0 radical (unpaired) electrons. The number of ketones is 1. The van der Waals surface area contributed by atoms with Crippen LogP contribution in [0, 0.1) is 11.6 Å². The Morgan fingerprint density at radius 3 is 2.39 bits per heavy atom. The molecule has 0 unspecified atom stereocenters. The third-order valence-corrected chi connectivity index (χ3v) is 2.44. The average Bonchev–Trinajstić information content (AvgIpc) is 2.38. The first-order chi connectivity index (χ1) is 8.66. The fourth-order valence-electron chi connectivity index (χ4n) is 1.50. The Balaban J connectivity index is 2.19. The standard InChI is InChI=1S/C15H10F2O/c16-13-8-6-11(14(17)10-13)7-9-15(18)12-4-2-1-3-5-12/h1-10H/b9-7+. The molecule has 2 aromatic carbocycles. The van der Waals surface area contributed by atoms with E-state index in [2.05, 4.69) is 0 Å². The summed E-state index contributed by atoms with van der Waals surface area (Å²) in [5.74, 6) is -1.55. The molecule has 0 spiro atoms. The summed E-state index contributed by atoms with van der Waals surface area (Å²) in [4.78, 5) is 11.7. The molecule has 0 aliphatic rings. The van der Waals surface area contributed by atoms with Crippen LogP contribution >= 0.6 is 0 Å². The van der Waals surface area contributed by atoms with Crippen LogP contribution in [0.4, 0.5) is 8.78 Å². The van der Waals surface area contributed by atoms with Gasteiger partial charge in [0.15, 0.2) is 5.78 Å². The zero-order valence-corrected chi connectivity index (χ0v) is 9.44. The number of benzene rings is 2. The first-order valence-corrected chi connectivity index (χ1v) is 5.39. The van der Waals surface area contributed by atoms with Crippen molar-refractivity contribution >= 4 is 11.9 Å². The lowest BCUT2D eigenvalue weighted by atomic mass is 10.1. The summed E-state index contributed by atoms with van der Waals surface area (Å²) in [5, 5.41) is 0. The average molecular weight is 244 g/mol. The molecule has 0 saturated heterocycles. The van der Waals surface area contributed by atoms with E-state index < -0.39 is 11.6 Å². The largest absolute Gasteiger partial charge is 0.289 e. The summed E-state index contributed by atoms with van der Waals surface area (Å²) in [6.45, 7) is 0. The monoisotopic (exact) mass is 244 g/mol. The maximum absolute atomic E-state index is 13.3. The normalized spacial score (nSPS) is 10.8. The fourth-order valence-corrected chi connectivity index (χ4v) is 1.50. The molecule has 0 heterocycles. The molecular formula is C15H10F2O. The summed E-state index contributed by atoms with van der Waals surface area (Å²) in [7, 11) is 0. The maximum atomic E-state index is 13.3. The van der Waals surface area contributed by atoms with Crippen molar-refractivity contribution in [1.82, 2.24) is 0 Å². The van der Waals surface area contributed by atoms with Crippen LogP contribution in [0.2, 0.25) is 0 Å². The Morgan fingerprint density at radius 1 is 1.00 bits per heavy atom. The zero-order valence-electron chi connectivity index (χ0n) is 9.44. The van der Waals surface area contributed by atoms with Crippen molar-refractivity contribution in [1.29, 1.82) is 0 Å². The van der Waals surface area contributed by atoms with Gasteiger partial charge in [-0.05, 0) is 24.3 Å². The predicted molar refractivity (Wildman–Crippen MR) is 66.2 cm³/mol. The summed E-state index contributed by atoms with van der Waals surface area (Å²) in [6.07, 6.45) is 2.61. The van der Waals surface area contributed by atoms with Gasteiger partial charge in [-0.3, -0.25) is 4.79 Å². The summed E-state index contributed by atoms with van der Waals surface area (Å²) in [6, 6.07) is 11.9. The topological polar surface area (TPSA) is 17.1 Å². The molecule has 0 N–H and O–H groups in total. The molecular weight excluding hydrogens is 234 g/mol. The number of halogens is 2. The van der Waals surface area contributed by atoms with Gasteiger partial charge in [0.1, 0.15) is 11.6 Å². The first-order valence-electron chi connectivity index (χ1n) is 5.39. The van der Waals surface area contributed by atoms with E-state index in [0.717, 1.165) is 12.1 Å². The lowest BCUT2D eigenvalue weighted by molar-refractivity contribution is 0.104. The van der Waals surface area contributed by atoms with Crippen LogP contribution in [0.1, 0.15) is 15.9 Å². The minimum absolute atomic E-state index is 0.181. The fraction of sp³-hybridized carbons (Fsp3) is 0. The highest BCUT2D eigenvalue weighted by Gasteiger charge is 2.03. The first kappa shape index (κ1) is 12.2. The predicted octanol–water partition coefficient (Wildman–Crippen LogP) is 3.86. The second-order valence-electron chi connectivity index (χ2n) is 3.73. The lowest BCUT2D eigenvalue weighted by Gasteiger charge is -1.97. The molecule has 0 amide bonds. The molecule has 0 aliphatic heterocycles. The third kappa shape index (κ3) is 2.88. The molecule has 90 valence electrons. The number of rotatable bonds is 3. The van der Waals surface area contributed by atoms with Crippen molar-refractivity contribution in [3.8, 4) is 0 Å². The molecule has 0 saturated carbocycles. The van der Waals surface area contributed by atoms with Crippen LogP contribution in [0.3, 0.4) is 0 Å². The summed E-state index contributed by atoms with van der Waals surface area (Å²) < 4.78 is 26.0. The van der Waals surface area contributed by atoms with Crippen molar-refractivity contribution in [2.75, 3.05) is 0 Å². The van der Waals surface area contributed by atoms with Gasteiger partial charge in [-0.1, -0.05) is 30.3 Å². The second-order valence-corrected chi connectivity index (χ2v) is 3.73. The maximum Gasteiger partial charge on any atom is 0.185 e. The van der Waals surface area contributed by atoms with E-state index in [0.29, 0.717) is 5.56 Å². The molecule has 2 aromatic rings. The smallest absolute Gasteiger partial charge is 0.185 e. The number of carbonyl (C=O) groups is 1. The second kappa shape index (κ2) is 5.36. The van der Waals surface area contributed by atoms with Crippen LogP contribution in [0.25, 0.3) is 6.08 Å². The minimum atomic E-state index is -0.688. The molecule has 0 aliphatic carbocycles. The Morgan fingerprint density at radius 2 is 1.72 bits per heavy atom. The molecule has 1 nitrogen and oxygen atoms in total. The van der Waals surface area contributed by atoms with Gasteiger partial charge in [0.25, 0.3) is 0 Å². The van der Waals surface area contributed by atoms with E-state index in [1.165, 1.54) is 18.2 Å². The van der Waals surface area contributed by atoms with Gasteiger partial charge < -0.3 is 0 Å². The van der Waals surface area contributed by atoms with Crippen LogP contribution < -0.4 is 0 Å². The number of carbonyl (C=O) groups excluding carboxylic acids is 1. The highest BCUT2D eigenvalue weighted by Crippen LogP contribution is 2.12. The highest BCUT2D eigenvalue weighted by molar-refractivity contribution is 6.06. The van der Waals surface area contributed by atoms with Gasteiger partial charge in [-0.15, -0.1) is 0 Å². The quantitative estimate of drug-likeness (QED) is 0.592. The Bertz CT molecular complexity index is 589. The Hall–Kier alpha value is -2.29. The molecule has 2 rings (SSSR count). The van der Waals surface area contributed by atoms with E-state index in [9.17, 15) is 13.6 Å².